The number of aryl methyl sites for hydroxylation is 1. The number of hydrogen-bond acceptors (Lipinski definition) is 7. The summed E-state index contributed by atoms with van der Waals surface area (Å²) >= 11 is 0. The maximum absolute atomic E-state index is 13.9. The van der Waals surface area contributed by atoms with Crippen molar-refractivity contribution in [2.45, 2.75) is 18.0 Å². The number of ether oxygens (including phenoxy) is 1. The second-order valence-electron chi connectivity index (χ2n) is 8.01. The van der Waals surface area contributed by atoms with E-state index in [1.807, 2.05) is 0 Å². The number of oxazole rings is 1. The molecule has 0 radical (unpaired) electrons. The van der Waals surface area contributed by atoms with Gasteiger partial charge < -0.3 is 14.1 Å². The summed E-state index contributed by atoms with van der Waals surface area (Å²) in [5.41, 5.74) is -2.58. The van der Waals surface area contributed by atoms with Crippen molar-refractivity contribution >= 4 is 26.6 Å². The zero-order valence-electron chi connectivity index (χ0n) is 19.0. The fourth-order valence-corrected chi connectivity index (χ4v) is 4.83. The lowest BCUT2D eigenvalue weighted by molar-refractivity contribution is -0.140. The summed E-state index contributed by atoms with van der Waals surface area (Å²) in [7, 11) is -2.40. The van der Waals surface area contributed by atoms with Gasteiger partial charge in [0.2, 0.25) is 5.89 Å². The molecule has 0 atom stereocenters. The molecule has 0 saturated carbocycles. The Kier molecular flexibility index (Phi) is 5.21. The Hall–Kier alpha value is -4.13. The van der Waals surface area contributed by atoms with Crippen molar-refractivity contribution in [2.75, 3.05) is 13.4 Å². The molecule has 0 saturated heterocycles. The fraction of sp³-hybridized carbons (Fsp3) is 0.174. The number of aromatic nitrogens is 4. The lowest BCUT2D eigenvalue weighted by atomic mass is 10.1. The second kappa shape index (κ2) is 7.95. The summed E-state index contributed by atoms with van der Waals surface area (Å²) in [6.45, 7) is 1.47. The van der Waals surface area contributed by atoms with Gasteiger partial charge in [0, 0.05) is 11.9 Å². The molecule has 0 spiro atoms. The van der Waals surface area contributed by atoms with Gasteiger partial charge in [0.15, 0.2) is 26.6 Å². The Balaban J connectivity index is 1.85. The Bertz CT molecular complexity index is 1820. The van der Waals surface area contributed by atoms with Crippen LogP contribution in [0.5, 0.6) is 5.75 Å². The molecule has 5 aromatic rings. The highest BCUT2D eigenvalue weighted by Crippen LogP contribution is 2.39. The van der Waals surface area contributed by atoms with Gasteiger partial charge in [-0.25, -0.2) is 13.4 Å². The smallest absolute Gasteiger partial charge is 0.435 e. The predicted molar refractivity (Wildman–Crippen MR) is 124 cm³/mol. The number of methoxy groups -OCH3 is 1. The Morgan fingerprint density at radius 2 is 1.78 bits per heavy atom. The molecular formula is C23H17F3N4O5S. The van der Waals surface area contributed by atoms with Gasteiger partial charge in [-0.05, 0) is 24.6 Å². The molecule has 0 aliphatic heterocycles. The minimum atomic E-state index is -4.85. The molecular weight excluding hydrogens is 501 g/mol. The van der Waals surface area contributed by atoms with Gasteiger partial charge in [-0.1, -0.05) is 30.3 Å². The van der Waals surface area contributed by atoms with E-state index >= 15 is 0 Å². The van der Waals surface area contributed by atoms with Crippen LogP contribution in [0.3, 0.4) is 0 Å². The molecule has 3 aromatic heterocycles. The lowest BCUT2D eigenvalue weighted by Gasteiger charge is -2.07. The Morgan fingerprint density at radius 3 is 2.39 bits per heavy atom. The third-order valence-electron chi connectivity index (χ3n) is 5.61. The van der Waals surface area contributed by atoms with Crippen molar-refractivity contribution in [1.29, 1.82) is 0 Å². The van der Waals surface area contributed by atoms with Crippen LogP contribution in [-0.4, -0.2) is 41.4 Å². The number of benzene rings is 2. The molecule has 5 rings (SSSR count). The SMILES string of the molecule is COc1ccc(S(C)(=O)=O)c2oc(-c3c(C)[nH]c4c(-c5ccccc5)c(C(F)(F)F)nn4c3=O)nc12. The van der Waals surface area contributed by atoms with Gasteiger partial charge in [0.25, 0.3) is 5.56 Å². The highest BCUT2D eigenvalue weighted by molar-refractivity contribution is 7.91. The van der Waals surface area contributed by atoms with E-state index in [4.69, 9.17) is 9.15 Å². The van der Waals surface area contributed by atoms with Crippen LogP contribution in [-0.2, 0) is 16.0 Å². The topological polar surface area (TPSA) is 120 Å². The average molecular weight is 518 g/mol. The summed E-state index contributed by atoms with van der Waals surface area (Å²) in [4.78, 5) is 20.3. The average Bonchev–Trinajstić information content (AvgIpc) is 3.40. The van der Waals surface area contributed by atoms with Crippen molar-refractivity contribution in [1.82, 2.24) is 19.6 Å². The van der Waals surface area contributed by atoms with E-state index in [1.54, 1.807) is 18.2 Å². The van der Waals surface area contributed by atoms with E-state index < -0.39 is 27.3 Å². The largest absolute Gasteiger partial charge is 0.494 e. The number of nitrogens with zero attached hydrogens (tertiary/aromatic N) is 3. The van der Waals surface area contributed by atoms with Crippen molar-refractivity contribution in [3.05, 3.63) is 64.2 Å². The highest BCUT2D eigenvalue weighted by atomic mass is 32.2. The van der Waals surface area contributed by atoms with Gasteiger partial charge in [-0.3, -0.25) is 4.79 Å². The summed E-state index contributed by atoms with van der Waals surface area (Å²) < 4.78 is 77.8. The lowest BCUT2D eigenvalue weighted by Crippen LogP contribution is -2.20. The van der Waals surface area contributed by atoms with E-state index in [-0.39, 0.29) is 55.7 Å². The minimum Gasteiger partial charge on any atom is -0.494 e. The molecule has 13 heteroatoms. The third kappa shape index (κ3) is 3.63. The summed E-state index contributed by atoms with van der Waals surface area (Å²) in [6.07, 6.45) is -3.87. The molecule has 36 heavy (non-hydrogen) atoms. The van der Waals surface area contributed by atoms with Crippen LogP contribution in [0.15, 0.2) is 56.6 Å². The maximum atomic E-state index is 13.9. The molecule has 0 aliphatic rings. The van der Waals surface area contributed by atoms with Gasteiger partial charge >= 0.3 is 6.18 Å². The predicted octanol–water partition coefficient (Wildman–Crippen LogP) is 4.24. The van der Waals surface area contributed by atoms with Crippen LogP contribution < -0.4 is 10.3 Å². The normalized spacial score (nSPS) is 12.5. The molecule has 2 aromatic carbocycles. The van der Waals surface area contributed by atoms with Crippen LogP contribution in [0.1, 0.15) is 11.4 Å². The summed E-state index contributed by atoms with van der Waals surface area (Å²) in [5, 5.41) is 3.59. The van der Waals surface area contributed by atoms with Crippen molar-refractivity contribution in [2.24, 2.45) is 0 Å². The monoisotopic (exact) mass is 518 g/mol. The van der Waals surface area contributed by atoms with E-state index in [0.29, 0.717) is 4.52 Å². The Morgan fingerprint density at radius 1 is 1.08 bits per heavy atom. The number of H-pyrrole nitrogens is 1. The number of halogens is 3. The number of rotatable bonds is 4. The third-order valence-corrected chi connectivity index (χ3v) is 6.73. The molecule has 186 valence electrons. The zero-order valence-corrected chi connectivity index (χ0v) is 19.8. The van der Waals surface area contributed by atoms with Gasteiger partial charge in [-0.2, -0.15) is 22.8 Å². The van der Waals surface area contributed by atoms with Gasteiger partial charge in [0.1, 0.15) is 21.9 Å². The number of nitrogens with one attached hydrogen (secondary N) is 1. The Labute approximate surface area is 201 Å². The highest BCUT2D eigenvalue weighted by Gasteiger charge is 2.39. The quantitative estimate of drug-likeness (QED) is 0.378. The first-order chi connectivity index (χ1) is 16.9. The van der Waals surface area contributed by atoms with Gasteiger partial charge in [0.05, 0.1) is 12.7 Å². The number of fused-ring (bicyclic) bond motifs is 2. The molecule has 9 nitrogen and oxygen atoms in total. The fourth-order valence-electron chi connectivity index (χ4n) is 4.04. The maximum Gasteiger partial charge on any atom is 0.435 e. The van der Waals surface area contributed by atoms with Crippen LogP contribution >= 0.6 is 0 Å². The van der Waals surface area contributed by atoms with E-state index in [9.17, 15) is 26.4 Å². The number of aromatic amines is 1. The van der Waals surface area contributed by atoms with Crippen molar-refractivity contribution < 1.29 is 30.7 Å². The molecule has 3 heterocycles. The van der Waals surface area contributed by atoms with E-state index in [0.717, 1.165) is 6.26 Å². The van der Waals surface area contributed by atoms with Crippen LogP contribution in [0.4, 0.5) is 13.2 Å². The second-order valence-corrected chi connectivity index (χ2v) is 10.00. The molecule has 0 aliphatic carbocycles. The number of alkyl halides is 3. The van der Waals surface area contributed by atoms with E-state index in [2.05, 4.69) is 15.1 Å². The van der Waals surface area contributed by atoms with Crippen LogP contribution in [0.2, 0.25) is 0 Å². The first kappa shape index (κ1) is 23.6. The van der Waals surface area contributed by atoms with E-state index in [1.165, 1.54) is 38.3 Å². The number of sulfone groups is 1. The molecule has 0 amide bonds. The van der Waals surface area contributed by atoms with Crippen molar-refractivity contribution in [3.8, 4) is 28.3 Å². The molecule has 1 N–H and O–H groups in total. The first-order valence-corrected chi connectivity index (χ1v) is 12.3. The van der Waals surface area contributed by atoms with Gasteiger partial charge in [-0.15, -0.1) is 0 Å². The van der Waals surface area contributed by atoms with Crippen LogP contribution in [0, 0.1) is 6.92 Å². The first-order valence-electron chi connectivity index (χ1n) is 10.4. The zero-order chi connectivity index (χ0) is 26.0. The summed E-state index contributed by atoms with van der Waals surface area (Å²) in [6, 6.07) is 10.4. The number of hydrogen-bond donors (Lipinski definition) is 1. The van der Waals surface area contributed by atoms with Crippen molar-refractivity contribution in [3.63, 3.8) is 0 Å². The molecule has 0 bridgehead atoms. The standard InChI is InChI=1S/C23H17F3N4O5S/c1-11-15(21-28-17-13(34-2)9-10-14(18(17)35-21)36(3,32)33)22(31)30-20(27-11)16(12-7-5-4-6-8-12)19(29-30)23(24,25)26/h4-10,27H,1-3H3. The van der Waals surface area contributed by atoms with Crippen LogP contribution in [0.25, 0.3) is 39.3 Å². The minimum absolute atomic E-state index is 0.0377. The molecule has 0 unspecified atom stereocenters. The summed E-state index contributed by atoms with van der Waals surface area (Å²) in [5.74, 6) is -0.113. The molecule has 0 fully saturated rings.